The molecule has 0 heterocycles. The summed E-state index contributed by atoms with van der Waals surface area (Å²) in [4.78, 5) is 73.1. The monoisotopic (exact) mass is 1530 g/mol. The van der Waals surface area contributed by atoms with Crippen molar-refractivity contribution in [2.24, 2.45) is 0 Å². The fraction of sp³-hybridized carbons (Fsp3) is 0.678. The molecule has 0 saturated heterocycles. The van der Waals surface area contributed by atoms with E-state index in [4.69, 9.17) is 37.0 Å². The molecule has 0 aliphatic rings. The van der Waals surface area contributed by atoms with Gasteiger partial charge in [0.1, 0.15) is 19.3 Å². The Kier molecular flexibility index (Phi) is 74.3. The van der Waals surface area contributed by atoms with Gasteiger partial charge in [-0.3, -0.25) is 37.3 Å². The molecule has 0 aliphatic heterocycles. The molecule has 0 aromatic heterocycles. The van der Waals surface area contributed by atoms with Crippen molar-refractivity contribution in [3.8, 4) is 0 Å². The first-order chi connectivity index (χ1) is 51.7. The van der Waals surface area contributed by atoms with Gasteiger partial charge in [0.15, 0.2) is 12.2 Å². The number of unbranched alkanes of at least 4 members (excludes halogenated alkanes) is 27. The summed E-state index contributed by atoms with van der Waals surface area (Å²) in [5.41, 5.74) is 0. The zero-order valence-electron chi connectivity index (χ0n) is 66.3. The number of allylic oxidation sites excluding steroid dienone is 23. The van der Waals surface area contributed by atoms with E-state index in [9.17, 15) is 43.2 Å². The summed E-state index contributed by atoms with van der Waals surface area (Å²) < 4.78 is 68.6. The molecule has 5 unspecified atom stereocenters. The number of hydrogen-bond acceptors (Lipinski definition) is 15. The van der Waals surface area contributed by atoms with Gasteiger partial charge in [-0.15, -0.1) is 0 Å². The van der Waals surface area contributed by atoms with Crippen molar-refractivity contribution in [2.45, 2.75) is 341 Å². The molecule has 606 valence electrons. The van der Waals surface area contributed by atoms with E-state index in [0.717, 1.165) is 180 Å². The minimum atomic E-state index is -5.01. The normalized spacial score (nSPS) is 14.6. The lowest BCUT2D eigenvalue weighted by atomic mass is 10.0. The van der Waals surface area contributed by atoms with Crippen LogP contribution in [-0.2, 0) is 65.4 Å². The molecular formula is C87H146O17P2. The Morgan fingerprint density at radius 2 is 0.528 bits per heavy atom. The summed E-state index contributed by atoms with van der Waals surface area (Å²) in [5, 5.41) is 10.7. The number of esters is 4. The Balaban J connectivity index is 5.43. The van der Waals surface area contributed by atoms with Crippen LogP contribution < -0.4 is 0 Å². The van der Waals surface area contributed by atoms with Gasteiger partial charge >= 0.3 is 39.5 Å². The Morgan fingerprint density at radius 1 is 0.283 bits per heavy atom. The number of carbonyl (C=O) groups excluding carboxylic acids is 4. The summed E-state index contributed by atoms with van der Waals surface area (Å²) in [6.45, 7) is 4.43. The molecule has 17 nitrogen and oxygen atoms in total. The average Bonchev–Trinajstić information content (AvgIpc) is 0.902. The maximum Gasteiger partial charge on any atom is 0.472 e. The minimum absolute atomic E-state index is 0.0891. The smallest absolute Gasteiger partial charge is 0.462 e. The largest absolute Gasteiger partial charge is 0.472 e. The predicted octanol–water partition coefficient (Wildman–Crippen LogP) is 24.2. The second kappa shape index (κ2) is 78.1. The molecule has 0 spiro atoms. The topological polar surface area (TPSA) is 237 Å². The number of phosphoric ester groups is 2. The van der Waals surface area contributed by atoms with Crippen LogP contribution in [0.5, 0.6) is 0 Å². The van der Waals surface area contributed by atoms with E-state index in [0.29, 0.717) is 25.7 Å². The average molecular weight is 1530 g/mol. The second-order valence-electron chi connectivity index (χ2n) is 26.9. The van der Waals surface area contributed by atoms with Crippen LogP contribution in [0.3, 0.4) is 0 Å². The number of hydrogen-bond donors (Lipinski definition) is 3. The van der Waals surface area contributed by atoms with Crippen molar-refractivity contribution in [1.82, 2.24) is 0 Å². The van der Waals surface area contributed by atoms with Crippen LogP contribution in [0, 0.1) is 0 Å². The fourth-order valence-electron chi connectivity index (χ4n) is 10.7. The van der Waals surface area contributed by atoms with E-state index in [1.807, 2.05) is 12.2 Å². The molecule has 0 fully saturated rings. The van der Waals surface area contributed by atoms with Crippen molar-refractivity contribution in [2.75, 3.05) is 39.6 Å². The SMILES string of the molecule is CC/C=C\C/C=C\C/C=C\C/C=C\C/C=C\CC(=O)OC(COC(=O)CCCCCCCCC/C=C\C/C=C\C/C=C\CC)COP(=O)(O)OCC(O)COP(=O)(O)OCC(COC(=O)CCCCCCCC/C=C\C/C=C\C/C=C\C/C=C\CC)OC(=O)CCCCCCCCCCCCCCCCC. The van der Waals surface area contributed by atoms with Crippen molar-refractivity contribution in [1.29, 1.82) is 0 Å². The van der Waals surface area contributed by atoms with Gasteiger partial charge in [0.25, 0.3) is 0 Å². The van der Waals surface area contributed by atoms with Gasteiger partial charge in [0.05, 0.1) is 32.8 Å². The zero-order valence-corrected chi connectivity index (χ0v) is 68.1. The van der Waals surface area contributed by atoms with Crippen LogP contribution in [0.1, 0.15) is 323 Å². The maximum atomic E-state index is 13.1. The van der Waals surface area contributed by atoms with Gasteiger partial charge < -0.3 is 33.8 Å². The van der Waals surface area contributed by atoms with Crippen LogP contribution in [0.15, 0.2) is 146 Å². The maximum absolute atomic E-state index is 13.1. The molecule has 0 aromatic rings. The molecule has 19 heteroatoms. The standard InChI is InChI=1S/C87H146O17P2/c1-5-9-13-17-21-25-29-33-37-39-40-42-46-48-52-56-60-64-68-72-85(90)98-78-83(104-87(92)74-70-66-62-58-54-50-44-36-32-28-24-20-16-12-8-4)80-102-106(95,96)100-76-81(88)75-99-105(93,94)101-79-82(103-86(91)73-69-65-61-57-53-49-43-35-31-27-23-19-15-11-7-3)77-97-84(89)71-67-63-59-55-51-47-45-41-38-34-30-26-22-18-14-10-6-2/h9-11,13-15,21-23,25-27,33-35,37-38,40,42-43,53,57,65,69,81-83,88H,5-8,12,16-20,24,28-32,36,39,41,44-52,54-56,58-64,66-68,70-80H2,1-4H3,(H,93,94)(H,95,96)/b13-9-,14-10-,15-11-,25-21-,26-22-,27-23-,37-33-,38-34-,42-40-,43-35-,57-53-,69-65-. The molecule has 5 atom stereocenters. The summed E-state index contributed by atoms with van der Waals surface area (Å²) in [7, 11) is -10.0. The number of rotatable bonds is 76. The van der Waals surface area contributed by atoms with E-state index in [1.165, 1.54) is 64.2 Å². The molecular weight excluding hydrogens is 1380 g/mol. The first-order valence-electron chi connectivity index (χ1n) is 41.1. The number of phosphoric acid groups is 2. The lowest BCUT2D eigenvalue weighted by Gasteiger charge is -2.21. The summed E-state index contributed by atoms with van der Waals surface area (Å²) in [5.74, 6) is -2.34. The molecule has 0 bridgehead atoms. The molecule has 106 heavy (non-hydrogen) atoms. The van der Waals surface area contributed by atoms with Crippen molar-refractivity contribution < 1.29 is 80.2 Å². The predicted molar refractivity (Wildman–Crippen MR) is 436 cm³/mol. The number of aliphatic hydroxyl groups excluding tert-OH is 1. The van der Waals surface area contributed by atoms with Crippen LogP contribution in [0.25, 0.3) is 0 Å². The highest BCUT2D eigenvalue weighted by Crippen LogP contribution is 2.45. The fourth-order valence-corrected chi connectivity index (χ4v) is 12.3. The van der Waals surface area contributed by atoms with Crippen LogP contribution >= 0.6 is 15.6 Å². The van der Waals surface area contributed by atoms with Gasteiger partial charge in [-0.2, -0.15) is 0 Å². The first-order valence-corrected chi connectivity index (χ1v) is 44.1. The number of ether oxygens (including phenoxy) is 4. The number of carbonyl (C=O) groups is 4. The Labute approximate surface area is 643 Å². The third-order valence-electron chi connectivity index (χ3n) is 16.8. The van der Waals surface area contributed by atoms with Gasteiger partial charge in [-0.1, -0.05) is 321 Å². The van der Waals surface area contributed by atoms with Gasteiger partial charge in [-0.25, -0.2) is 9.13 Å². The zero-order chi connectivity index (χ0) is 77.4. The van der Waals surface area contributed by atoms with E-state index in [-0.39, 0.29) is 25.7 Å². The molecule has 0 saturated carbocycles. The molecule has 3 N–H and O–H groups in total. The second-order valence-corrected chi connectivity index (χ2v) is 29.9. The van der Waals surface area contributed by atoms with E-state index < -0.39 is 97.5 Å². The molecule has 0 aromatic carbocycles. The van der Waals surface area contributed by atoms with Crippen LogP contribution in [0.4, 0.5) is 0 Å². The van der Waals surface area contributed by atoms with E-state index in [2.05, 4.69) is 149 Å². The molecule has 0 radical (unpaired) electrons. The summed E-state index contributed by atoms with van der Waals surface area (Å²) in [6.07, 6.45) is 89.9. The van der Waals surface area contributed by atoms with Crippen molar-refractivity contribution in [3.05, 3.63) is 146 Å². The Bertz CT molecular complexity index is 2580. The third kappa shape index (κ3) is 77.1. The lowest BCUT2D eigenvalue weighted by Crippen LogP contribution is -2.30. The summed E-state index contributed by atoms with van der Waals surface area (Å²) in [6, 6.07) is 0. The highest BCUT2D eigenvalue weighted by Gasteiger charge is 2.30. The quantitative estimate of drug-likeness (QED) is 0.0169. The first kappa shape index (κ1) is 101. The summed E-state index contributed by atoms with van der Waals surface area (Å²) >= 11 is 0. The van der Waals surface area contributed by atoms with Crippen LogP contribution in [0.2, 0.25) is 0 Å². The minimum Gasteiger partial charge on any atom is -0.462 e. The molecule has 0 amide bonds. The van der Waals surface area contributed by atoms with Crippen LogP contribution in [-0.4, -0.2) is 96.7 Å². The Morgan fingerprint density at radius 3 is 0.840 bits per heavy atom. The molecule has 0 aliphatic carbocycles. The lowest BCUT2D eigenvalue weighted by molar-refractivity contribution is -0.161. The highest BCUT2D eigenvalue weighted by molar-refractivity contribution is 7.47. The van der Waals surface area contributed by atoms with Gasteiger partial charge in [0.2, 0.25) is 0 Å². The van der Waals surface area contributed by atoms with E-state index >= 15 is 0 Å². The highest BCUT2D eigenvalue weighted by atomic mass is 31.2. The number of aliphatic hydroxyl groups is 1. The van der Waals surface area contributed by atoms with Gasteiger partial charge in [-0.05, 0) is 122 Å². The molecule has 0 rings (SSSR count). The van der Waals surface area contributed by atoms with E-state index in [1.54, 1.807) is 12.2 Å². The van der Waals surface area contributed by atoms with Crippen molar-refractivity contribution >= 4 is 39.5 Å². The Hall–Kier alpha value is -5.06. The van der Waals surface area contributed by atoms with Gasteiger partial charge in [0, 0.05) is 19.3 Å². The van der Waals surface area contributed by atoms with Crippen molar-refractivity contribution in [3.63, 3.8) is 0 Å². The third-order valence-corrected chi connectivity index (χ3v) is 18.7.